The van der Waals surface area contributed by atoms with Gasteiger partial charge in [0.2, 0.25) is 0 Å². The van der Waals surface area contributed by atoms with Gasteiger partial charge in [-0.3, -0.25) is 4.79 Å². The molecule has 0 aliphatic heterocycles. The third-order valence-electron chi connectivity index (χ3n) is 4.97. The van der Waals surface area contributed by atoms with Crippen molar-refractivity contribution in [3.05, 3.63) is 59.3 Å². The number of fused-ring (bicyclic) bond motifs is 2. The van der Waals surface area contributed by atoms with Crippen LogP contribution in [0.5, 0.6) is 0 Å². The minimum Gasteiger partial charge on any atom is -0.342 e. The highest BCUT2D eigenvalue weighted by Gasteiger charge is 2.24. The Bertz CT molecular complexity index is 1240. The van der Waals surface area contributed by atoms with Gasteiger partial charge in [0, 0.05) is 11.7 Å². The minimum atomic E-state index is -2.73. The molecule has 0 spiro atoms. The molecule has 1 aromatic carbocycles. The number of imidazole rings is 1. The van der Waals surface area contributed by atoms with Crippen molar-refractivity contribution in [1.82, 2.24) is 29.5 Å². The number of carbonyl (C=O) groups excluding carboxylic acids is 1. The fourth-order valence-electron chi connectivity index (χ4n) is 3.68. The summed E-state index contributed by atoms with van der Waals surface area (Å²) in [7, 11) is 0. The highest BCUT2D eigenvalue weighted by atomic mass is 19.3. The molecule has 156 valence electrons. The van der Waals surface area contributed by atoms with Crippen LogP contribution < -0.4 is 5.32 Å². The first-order chi connectivity index (χ1) is 14.3. The smallest absolute Gasteiger partial charge is 0.280 e. The molecule has 1 amide bonds. The third-order valence-corrected chi connectivity index (χ3v) is 4.97. The molecule has 0 radical (unpaired) electrons. The van der Waals surface area contributed by atoms with Gasteiger partial charge in [0.15, 0.2) is 5.65 Å². The van der Waals surface area contributed by atoms with Crippen molar-refractivity contribution in [2.75, 3.05) is 0 Å². The maximum absolute atomic E-state index is 13.3. The molecule has 0 aliphatic rings. The van der Waals surface area contributed by atoms with E-state index in [-0.39, 0.29) is 22.9 Å². The van der Waals surface area contributed by atoms with Crippen LogP contribution in [0.15, 0.2) is 36.5 Å². The summed E-state index contributed by atoms with van der Waals surface area (Å²) in [5.74, 6) is 0.270. The number of nitrogens with zero attached hydrogens (tertiary/aromatic N) is 5. The van der Waals surface area contributed by atoms with Gasteiger partial charge in [-0.15, -0.1) is 0 Å². The molecule has 9 heteroatoms. The molecule has 0 aliphatic carbocycles. The van der Waals surface area contributed by atoms with Crippen LogP contribution in [0.25, 0.3) is 16.7 Å². The number of rotatable bonds is 5. The van der Waals surface area contributed by atoms with E-state index in [9.17, 15) is 13.6 Å². The van der Waals surface area contributed by atoms with Crippen LogP contribution in [0.1, 0.15) is 66.9 Å². The number of halogens is 2. The lowest BCUT2D eigenvalue weighted by molar-refractivity contribution is 0.0938. The average Bonchev–Trinajstić information content (AvgIpc) is 3.28. The predicted octanol–water partition coefficient (Wildman–Crippen LogP) is 4.40. The van der Waals surface area contributed by atoms with Gasteiger partial charge < -0.3 is 9.88 Å². The molecular weight excluding hydrogens is 390 g/mol. The zero-order valence-corrected chi connectivity index (χ0v) is 17.1. The van der Waals surface area contributed by atoms with Crippen molar-refractivity contribution >= 4 is 22.6 Å². The zero-order valence-electron chi connectivity index (χ0n) is 17.1. The molecule has 1 unspecified atom stereocenters. The molecule has 30 heavy (non-hydrogen) atoms. The molecule has 1 atom stereocenters. The molecule has 4 aromatic rings. The van der Waals surface area contributed by atoms with Crippen molar-refractivity contribution in [1.29, 1.82) is 0 Å². The maximum Gasteiger partial charge on any atom is 0.280 e. The number of hydrogen-bond acceptors (Lipinski definition) is 4. The van der Waals surface area contributed by atoms with Crippen LogP contribution in [0.4, 0.5) is 8.78 Å². The Morgan fingerprint density at radius 3 is 2.57 bits per heavy atom. The van der Waals surface area contributed by atoms with Crippen LogP contribution in [0.3, 0.4) is 0 Å². The molecule has 0 bridgehead atoms. The summed E-state index contributed by atoms with van der Waals surface area (Å²) in [5.41, 5.74) is 2.16. The summed E-state index contributed by atoms with van der Waals surface area (Å²) in [6.07, 6.45) is -1.46. The second kappa shape index (κ2) is 7.47. The number of nitrogens with one attached hydrogen (secondary N) is 1. The Hall–Kier alpha value is -3.36. The number of alkyl halides is 2. The lowest BCUT2D eigenvalue weighted by atomic mass is 10.2. The fourth-order valence-corrected chi connectivity index (χ4v) is 3.68. The number of carbonyl (C=O) groups is 1. The van der Waals surface area contributed by atoms with Crippen molar-refractivity contribution < 1.29 is 13.6 Å². The fraction of sp³-hybridized carbons (Fsp3) is 0.333. The number of para-hydroxylation sites is 2. The molecular formula is C21H22F2N6O. The second-order valence-electron chi connectivity index (χ2n) is 7.53. The molecule has 0 fully saturated rings. The predicted molar refractivity (Wildman–Crippen MR) is 109 cm³/mol. The Kier molecular flexibility index (Phi) is 4.97. The summed E-state index contributed by atoms with van der Waals surface area (Å²) < 4.78 is 29.8. The van der Waals surface area contributed by atoms with Gasteiger partial charge in [-0.25, -0.2) is 23.3 Å². The van der Waals surface area contributed by atoms with Crippen molar-refractivity contribution in [2.45, 2.75) is 46.2 Å². The van der Waals surface area contributed by atoms with Gasteiger partial charge in [0.05, 0.1) is 23.3 Å². The normalized spacial score (nSPS) is 12.9. The SMILES string of the molecule is Cc1cc(C(F)F)n2ncc(C(=O)NC(C)c3nc4ccccc4n3C(C)C)c2n1. The molecule has 3 heterocycles. The quantitative estimate of drug-likeness (QED) is 0.527. The standard InChI is InChI=1S/C21H22F2N6O/c1-11(2)28-16-8-6-5-7-15(16)27-19(28)13(4)26-21(30)14-10-24-29-17(18(22)23)9-12(3)25-20(14)29/h5-11,13,18H,1-4H3,(H,26,30). The molecule has 0 saturated heterocycles. The van der Waals surface area contributed by atoms with Gasteiger partial charge in [-0.2, -0.15) is 5.10 Å². The van der Waals surface area contributed by atoms with Crippen molar-refractivity contribution in [2.24, 2.45) is 0 Å². The van der Waals surface area contributed by atoms with E-state index < -0.39 is 18.4 Å². The Morgan fingerprint density at radius 2 is 1.87 bits per heavy atom. The monoisotopic (exact) mass is 412 g/mol. The summed E-state index contributed by atoms with van der Waals surface area (Å²) in [5, 5.41) is 6.87. The number of aromatic nitrogens is 5. The van der Waals surface area contributed by atoms with Gasteiger partial charge in [0.25, 0.3) is 12.3 Å². The minimum absolute atomic E-state index is 0.104. The van der Waals surface area contributed by atoms with E-state index in [0.29, 0.717) is 11.5 Å². The summed E-state index contributed by atoms with van der Waals surface area (Å²) in [6, 6.07) is 8.77. The third kappa shape index (κ3) is 3.30. The van der Waals surface area contributed by atoms with Crippen LogP contribution in [-0.4, -0.2) is 30.1 Å². The molecule has 3 aromatic heterocycles. The highest BCUT2D eigenvalue weighted by molar-refractivity contribution is 5.99. The van der Waals surface area contributed by atoms with Crippen molar-refractivity contribution in [3.8, 4) is 0 Å². The Labute approximate surface area is 171 Å². The first kappa shape index (κ1) is 19.9. The van der Waals surface area contributed by atoms with Gasteiger partial charge in [-0.1, -0.05) is 12.1 Å². The van der Waals surface area contributed by atoms with Gasteiger partial charge in [0.1, 0.15) is 17.1 Å². The molecule has 0 saturated carbocycles. The molecule has 4 rings (SSSR count). The lowest BCUT2D eigenvalue weighted by Crippen LogP contribution is -2.29. The van der Waals surface area contributed by atoms with E-state index in [2.05, 4.69) is 33.8 Å². The van der Waals surface area contributed by atoms with Crippen LogP contribution in [0.2, 0.25) is 0 Å². The molecule has 7 nitrogen and oxygen atoms in total. The number of aryl methyl sites for hydroxylation is 1. The summed E-state index contributed by atoms with van der Waals surface area (Å²) in [4.78, 5) is 21.9. The number of benzene rings is 1. The summed E-state index contributed by atoms with van der Waals surface area (Å²) in [6.45, 7) is 7.55. The number of hydrogen-bond donors (Lipinski definition) is 1. The van der Waals surface area contributed by atoms with Gasteiger partial charge in [-0.05, 0) is 45.9 Å². The molecule has 1 N–H and O–H groups in total. The lowest BCUT2D eigenvalue weighted by Gasteiger charge is -2.18. The summed E-state index contributed by atoms with van der Waals surface area (Å²) >= 11 is 0. The van der Waals surface area contributed by atoms with Crippen LogP contribution in [-0.2, 0) is 0 Å². The van der Waals surface area contributed by atoms with E-state index in [4.69, 9.17) is 4.98 Å². The van der Waals surface area contributed by atoms with E-state index in [1.165, 1.54) is 12.3 Å². The Balaban J connectivity index is 1.70. The first-order valence-electron chi connectivity index (χ1n) is 9.69. The zero-order chi connectivity index (χ0) is 21.6. The van der Waals surface area contributed by atoms with E-state index in [0.717, 1.165) is 15.5 Å². The Morgan fingerprint density at radius 1 is 1.13 bits per heavy atom. The highest BCUT2D eigenvalue weighted by Crippen LogP contribution is 2.26. The van der Waals surface area contributed by atoms with Crippen LogP contribution in [0, 0.1) is 6.92 Å². The van der Waals surface area contributed by atoms with Gasteiger partial charge >= 0.3 is 0 Å². The number of amides is 1. The average molecular weight is 412 g/mol. The van der Waals surface area contributed by atoms with E-state index in [1.807, 2.05) is 31.2 Å². The topological polar surface area (TPSA) is 77.1 Å². The first-order valence-corrected chi connectivity index (χ1v) is 9.69. The second-order valence-corrected chi connectivity index (χ2v) is 7.53. The van der Waals surface area contributed by atoms with E-state index in [1.54, 1.807) is 6.92 Å². The van der Waals surface area contributed by atoms with Crippen LogP contribution >= 0.6 is 0 Å². The largest absolute Gasteiger partial charge is 0.342 e. The van der Waals surface area contributed by atoms with E-state index >= 15 is 0 Å². The van der Waals surface area contributed by atoms with Crippen molar-refractivity contribution in [3.63, 3.8) is 0 Å². The maximum atomic E-state index is 13.3.